The molecule has 1 aromatic heterocycles. The molecule has 3 atom stereocenters. The molecule has 96 valence electrons. The molecular formula is C13H19N5. The predicted octanol–water partition coefficient (Wildman–Crippen LogP) is 1.77. The minimum atomic E-state index is 0.396. The summed E-state index contributed by atoms with van der Waals surface area (Å²) in [5.74, 6) is 4.29. The van der Waals surface area contributed by atoms with E-state index in [1.165, 1.54) is 25.7 Å². The maximum atomic E-state index is 5.70. The molecule has 0 saturated heterocycles. The summed E-state index contributed by atoms with van der Waals surface area (Å²) in [6, 6.07) is 0. The third-order valence-corrected chi connectivity index (χ3v) is 4.20. The molecular weight excluding hydrogens is 226 g/mol. The first-order valence-electron chi connectivity index (χ1n) is 6.59. The lowest BCUT2D eigenvalue weighted by Crippen LogP contribution is -2.13. The van der Waals surface area contributed by atoms with Crippen LogP contribution in [0.1, 0.15) is 43.3 Å². The summed E-state index contributed by atoms with van der Waals surface area (Å²) in [7, 11) is 0. The van der Waals surface area contributed by atoms with E-state index in [0.717, 1.165) is 23.5 Å². The zero-order chi connectivity index (χ0) is 12.5. The average molecular weight is 245 g/mol. The van der Waals surface area contributed by atoms with Gasteiger partial charge in [0.25, 0.3) is 0 Å². The van der Waals surface area contributed by atoms with Crippen molar-refractivity contribution in [3.8, 4) is 0 Å². The van der Waals surface area contributed by atoms with Crippen LogP contribution >= 0.6 is 0 Å². The summed E-state index contributed by atoms with van der Waals surface area (Å²) >= 11 is 0. The van der Waals surface area contributed by atoms with Crippen LogP contribution in [-0.4, -0.2) is 21.5 Å². The normalized spacial score (nSPS) is 30.4. The molecule has 3 rings (SSSR count). The maximum Gasteiger partial charge on any atom is 0.150 e. The minimum absolute atomic E-state index is 0.396. The first kappa shape index (κ1) is 11.6. The van der Waals surface area contributed by atoms with Crippen LogP contribution in [0.3, 0.4) is 0 Å². The van der Waals surface area contributed by atoms with Crippen LogP contribution in [0.2, 0.25) is 0 Å². The van der Waals surface area contributed by atoms with Crippen molar-refractivity contribution < 1.29 is 0 Å². The predicted molar refractivity (Wildman–Crippen MR) is 71.0 cm³/mol. The Balaban J connectivity index is 1.87. The molecule has 18 heavy (non-hydrogen) atoms. The Kier molecular flexibility index (Phi) is 2.99. The van der Waals surface area contributed by atoms with Gasteiger partial charge in [-0.2, -0.15) is 0 Å². The molecule has 0 bridgehead atoms. The van der Waals surface area contributed by atoms with Crippen LogP contribution in [0.4, 0.5) is 0 Å². The highest BCUT2D eigenvalue weighted by Gasteiger charge is 2.43. The fourth-order valence-corrected chi connectivity index (χ4v) is 3.12. The van der Waals surface area contributed by atoms with E-state index in [4.69, 9.17) is 5.73 Å². The van der Waals surface area contributed by atoms with Crippen molar-refractivity contribution >= 4 is 12.9 Å². The van der Waals surface area contributed by atoms with Crippen molar-refractivity contribution in [2.24, 2.45) is 22.6 Å². The highest BCUT2D eigenvalue weighted by Crippen LogP contribution is 2.53. The monoisotopic (exact) mass is 245 g/mol. The number of nitrogens with zero attached hydrogens (tertiary/aromatic N) is 4. The van der Waals surface area contributed by atoms with E-state index in [1.807, 2.05) is 10.8 Å². The van der Waals surface area contributed by atoms with Crippen LogP contribution < -0.4 is 5.73 Å². The number of rotatable bonds is 4. The van der Waals surface area contributed by atoms with Crippen molar-refractivity contribution in [3.05, 3.63) is 17.8 Å². The van der Waals surface area contributed by atoms with Gasteiger partial charge in [0.05, 0.1) is 6.54 Å². The first-order valence-corrected chi connectivity index (χ1v) is 6.59. The largest absolute Gasteiger partial charge is 0.324 e. The van der Waals surface area contributed by atoms with Gasteiger partial charge in [-0.05, 0) is 44.2 Å². The molecule has 0 aromatic carbocycles. The topological polar surface area (TPSA) is 69.1 Å². The molecule has 2 aliphatic rings. The van der Waals surface area contributed by atoms with Crippen LogP contribution in [0.5, 0.6) is 0 Å². The third-order valence-electron chi connectivity index (χ3n) is 4.20. The van der Waals surface area contributed by atoms with Gasteiger partial charge in [0, 0.05) is 18.3 Å². The van der Waals surface area contributed by atoms with Gasteiger partial charge in [0.2, 0.25) is 0 Å². The number of hydrogen-bond acceptors (Lipinski definition) is 4. The van der Waals surface area contributed by atoms with Gasteiger partial charge in [-0.15, -0.1) is 10.2 Å². The van der Waals surface area contributed by atoms with Gasteiger partial charge < -0.3 is 5.73 Å². The molecule has 2 fully saturated rings. The van der Waals surface area contributed by atoms with Crippen molar-refractivity contribution in [1.29, 1.82) is 0 Å². The Hall–Kier alpha value is -1.49. The van der Waals surface area contributed by atoms with E-state index in [9.17, 15) is 0 Å². The van der Waals surface area contributed by atoms with Crippen LogP contribution in [-0.2, 0) is 6.54 Å². The number of hydrogen-bond donors (Lipinski definition) is 1. The smallest absolute Gasteiger partial charge is 0.150 e. The van der Waals surface area contributed by atoms with E-state index < -0.39 is 0 Å². The Morgan fingerprint density at radius 1 is 1.33 bits per heavy atom. The van der Waals surface area contributed by atoms with Crippen LogP contribution in [0.15, 0.2) is 11.2 Å². The van der Waals surface area contributed by atoms with Gasteiger partial charge >= 0.3 is 0 Å². The van der Waals surface area contributed by atoms with Crippen molar-refractivity contribution in [2.45, 2.75) is 38.1 Å². The van der Waals surface area contributed by atoms with Gasteiger partial charge in [-0.1, -0.05) is 0 Å². The number of aromatic nitrogens is 3. The molecule has 5 heteroatoms. The number of fused-ring (bicyclic) bond motifs is 1. The summed E-state index contributed by atoms with van der Waals surface area (Å²) in [5, 5.41) is 8.51. The zero-order valence-electron chi connectivity index (χ0n) is 10.5. The summed E-state index contributed by atoms with van der Waals surface area (Å²) in [5.41, 5.74) is 5.70. The molecule has 0 radical (unpaired) electrons. The molecule has 1 heterocycles. The Morgan fingerprint density at radius 2 is 2.22 bits per heavy atom. The Bertz CT molecular complexity index is 476. The summed E-state index contributed by atoms with van der Waals surface area (Å²) in [4.78, 5) is 3.75. The van der Waals surface area contributed by atoms with Crippen molar-refractivity contribution in [2.75, 3.05) is 0 Å². The maximum absolute atomic E-state index is 5.70. The molecule has 3 unspecified atom stereocenters. The van der Waals surface area contributed by atoms with Crippen molar-refractivity contribution in [3.63, 3.8) is 0 Å². The lowest BCUT2D eigenvalue weighted by atomic mass is 9.88. The molecule has 2 N–H and O–H groups in total. The quantitative estimate of drug-likeness (QED) is 0.822. The fraction of sp³-hybridized carbons (Fsp3) is 0.615. The first-order chi connectivity index (χ1) is 8.83. The van der Waals surface area contributed by atoms with E-state index in [0.29, 0.717) is 12.5 Å². The molecule has 0 spiro atoms. The standard InChI is InChI=1S/C13H19N5/c1-15-4-5-18-12(8-14)16-17-13(18)10-3-2-9-6-11(9)7-10/h4-5,9-11H,1-3,6-8,14H2/b5-4-. The van der Waals surface area contributed by atoms with Gasteiger partial charge in [0.1, 0.15) is 5.82 Å². The summed E-state index contributed by atoms with van der Waals surface area (Å²) in [6.45, 7) is 3.85. The van der Waals surface area contributed by atoms with Gasteiger partial charge in [-0.25, -0.2) is 0 Å². The van der Waals surface area contributed by atoms with E-state index in [2.05, 4.69) is 21.9 Å². The second kappa shape index (κ2) is 4.65. The average Bonchev–Trinajstić information content (AvgIpc) is 3.06. The lowest BCUT2D eigenvalue weighted by Gasteiger charge is -2.20. The number of nitrogens with two attached hydrogens (primary N) is 1. The molecule has 0 amide bonds. The number of aliphatic imine (C=N–C) groups is 1. The molecule has 2 saturated carbocycles. The van der Waals surface area contributed by atoms with Crippen LogP contribution in [0, 0.1) is 11.8 Å². The molecule has 2 aliphatic carbocycles. The summed E-state index contributed by atoms with van der Waals surface area (Å²) < 4.78 is 1.99. The van der Waals surface area contributed by atoms with E-state index in [1.54, 1.807) is 6.20 Å². The molecule has 0 aliphatic heterocycles. The third kappa shape index (κ3) is 1.99. The lowest BCUT2D eigenvalue weighted by molar-refractivity contribution is 0.407. The zero-order valence-corrected chi connectivity index (χ0v) is 10.5. The molecule has 5 nitrogen and oxygen atoms in total. The van der Waals surface area contributed by atoms with Crippen LogP contribution in [0.25, 0.3) is 6.20 Å². The summed E-state index contributed by atoms with van der Waals surface area (Å²) in [6.07, 6.45) is 8.75. The van der Waals surface area contributed by atoms with Gasteiger partial charge in [-0.3, -0.25) is 9.56 Å². The second-order valence-corrected chi connectivity index (χ2v) is 5.30. The highest BCUT2D eigenvalue weighted by molar-refractivity contribution is 5.33. The van der Waals surface area contributed by atoms with E-state index in [-0.39, 0.29) is 0 Å². The van der Waals surface area contributed by atoms with Crippen molar-refractivity contribution in [1.82, 2.24) is 14.8 Å². The SMILES string of the molecule is C=N/C=C\n1c(CN)nnc1C1CCC2CC2C1. The minimum Gasteiger partial charge on any atom is -0.324 e. The fourth-order valence-electron chi connectivity index (χ4n) is 3.12. The van der Waals surface area contributed by atoms with Gasteiger partial charge in [0.15, 0.2) is 5.82 Å². The van der Waals surface area contributed by atoms with E-state index >= 15 is 0 Å². The second-order valence-electron chi connectivity index (χ2n) is 5.30. The molecule has 1 aromatic rings. The Labute approximate surface area is 107 Å². The Morgan fingerprint density at radius 3 is 2.94 bits per heavy atom. The highest BCUT2D eigenvalue weighted by atomic mass is 15.3.